The number of aromatic nitrogens is 3. The fourth-order valence-electron chi connectivity index (χ4n) is 2.15. The lowest BCUT2D eigenvalue weighted by Crippen LogP contribution is -2.39. The van der Waals surface area contributed by atoms with Crippen LogP contribution in [0.15, 0.2) is 36.9 Å². The van der Waals surface area contributed by atoms with Gasteiger partial charge >= 0.3 is 5.97 Å². The van der Waals surface area contributed by atoms with E-state index in [4.69, 9.17) is 21.1 Å². The molecule has 1 heterocycles. The average Bonchev–Trinajstić information content (AvgIpc) is 3.13. The Kier molecular flexibility index (Phi) is 6.74. The van der Waals surface area contributed by atoms with Crippen LogP contribution in [0, 0.1) is 5.41 Å². The normalized spacial score (nSPS) is 12.5. The van der Waals surface area contributed by atoms with Gasteiger partial charge in [-0.05, 0) is 44.5 Å². The second-order valence-corrected chi connectivity index (χ2v) is 6.89. The molecule has 0 spiro atoms. The Bertz CT molecular complexity index is 729. The number of hydrogen-bond donors (Lipinski definition) is 0. The molecule has 0 bridgehead atoms. The monoisotopic (exact) mass is 379 g/mol. The van der Waals surface area contributed by atoms with Crippen LogP contribution in [0.5, 0.6) is 5.75 Å². The maximum Gasteiger partial charge on any atom is 0.305 e. The topological polar surface area (TPSA) is 83.3 Å². The molecule has 1 atom stereocenters. The average molecular weight is 380 g/mol. The highest BCUT2D eigenvalue weighted by Gasteiger charge is 2.38. The molecule has 1 aromatic heterocycles. The first-order chi connectivity index (χ1) is 12.3. The number of carbonyl (C=O) groups is 2. The minimum absolute atomic E-state index is 0.0418. The van der Waals surface area contributed by atoms with Crippen molar-refractivity contribution in [1.29, 1.82) is 0 Å². The Morgan fingerprint density at radius 3 is 2.54 bits per heavy atom. The molecule has 0 saturated heterocycles. The Hall–Kier alpha value is -2.41. The molecule has 2 aromatic rings. The smallest absolute Gasteiger partial charge is 0.305 e. The number of ketones is 1. The van der Waals surface area contributed by atoms with E-state index in [1.165, 1.54) is 17.3 Å². The summed E-state index contributed by atoms with van der Waals surface area (Å²) in [5.41, 5.74) is -0.966. The molecule has 0 fully saturated rings. The fourth-order valence-corrected chi connectivity index (χ4v) is 2.28. The Balaban J connectivity index is 2.17. The molecule has 1 unspecified atom stereocenters. The zero-order chi connectivity index (χ0) is 19.2. The number of carbonyl (C=O) groups excluding carboxylic acids is 2. The third-order valence-electron chi connectivity index (χ3n) is 3.68. The Morgan fingerprint density at radius 1 is 1.27 bits per heavy atom. The van der Waals surface area contributed by atoms with Crippen molar-refractivity contribution in [2.45, 2.75) is 39.8 Å². The van der Waals surface area contributed by atoms with Crippen LogP contribution in [-0.4, -0.2) is 33.1 Å². The van der Waals surface area contributed by atoms with Crippen LogP contribution in [0.4, 0.5) is 0 Å². The van der Waals surface area contributed by atoms with Gasteiger partial charge in [-0.25, -0.2) is 9.67 Å². The molecule has 26 heavy (non-hydrogen) atoms. The number of esters is 1. The number of nitrogens with zero attached hydrogens (tertiary/aromatic N) is 3. The summed E-state index contributed by atoms with van der Waals surface area (Å²) in [7, 11) is 0. The molecule has 7 nitrogen and oxygen atoms in total. The minimum Gasteiger partial charge on any atom is -0.465 e. The van der Waals surface area contributed by atoms with Crippen molar-refractivity contribution in [2.75, 3.05) is 6.61 Å². The van der Waals surface area contributed by atoms with E-state index in [-0.39, 0.29) is 18.4 Å². The zero-order valence-corrected chi connectivity index (χ0v) is 15.8. The predicted molar refractivity (Wildman–Crippen MR) is 95.8 cm³/mol. The largest absolute Gasteiger partial charge is 0.465 e. The highest BCUT2D eigenvalue weighted by molar-refractivity contribution is 6.30. The summed E-state index contributed by atoms with van der Waals surface area (Å²) in [5, 5.41) is 4.57. The summed E-state index contributed by atoms with van der Waals surface area (Å²) in [6, 6.07) is 6.65. The van der Waals surface area contributed by atoms with Crippen molar-refractivity contribution in [3.63, 3.8) is 0 Å². The molecule has 0 radical (unpaired) electrons. The second kappa shape index (κ2) is 8.80. The summed E-state index contributed by atoms with van der Waals surface area (Å²) in [6.07, 6.45) is 2.68. The van der Waals surface area contributed by atoms with Crippen molar-refractivity contribution in [2.24, 2.45) is 5.41 Å². The van der Waals surface area contributed by atoms with Crippen molar-refractivity contribution in [3.8, 4) is 5.75 Å². The molecular weight excluding hydrogens is 358 g/mol. The lowest BCUT2D eigenvalue weighted by Gasteiger charge is -2.28. The maximum absolute atomic E-state index is 13.1. The predicted octanol–water partition coefficient (Wildman–Crippen LogP) is 3.45. The highest BCUT2D eigenvalue weighted by atomic mass is 35.5. The van der Waals surface area contributed by atoms with Crippen LogP contribution in [0.2, 0.25) is 5.02 Å². The van der Waals surface area contributed by atoms with Gasteiger partial charge in [0.25, 0.3) is 6.23 Å². The highest BCUT2D eigenvalue weighted by Crippen LogP contribution is 2.28. The molecule has 2 rings (SSSR count). The van der Waals surface area contributed by atoms with Gasteiger partial charge in [-0.15, -0.1) is 0 Å². The van der Waals surface area contributed by atoms with Crippen LogP contribution < -0.4 is 4.74 Å². The number of hydrogen-bond acceptors (Lipinski definition) is 6. The summed E-state index contributed by atoms with van der Waals surface area (Å²) >= 11 is 5.88. The molecule has 0 aliphatic rings. The standard InChI is InChI=1S/C18H22ClN3O4/c1-4-5-15(23)25-10-18(2,3)16(24)17(22-12-20-11-21-22)26-14-8-6-13(19)7-9-14/h6-9,11-12,17H,4-5,10H2,1-3H3. The van der Waals surface area contributed by atoms with E-state index < -0.39 is 11.6 Å². The number of ether oxygens (including phenoxy) is 2. The van der Waals surface area contributed by atoms with Gasteiger partial charge in [0.05, 0.1) is 5.41 Å². The molecular formula is C18H22ClN3O4. The quantitative estimate of drug-likeness (QED) is 0.620. The van der Waals surface area contributed by atoms with E-state index in [1.54, 1.807) is 38.1 Å². The number of rotatable bonds is 9. The molecule has 8 heteroatoms. The Labute approximate surface area is 157 Å². The van der Waals surface area contributed by atoms with Crippen LogP contribution in [0.25, 0.3) is 0 Å². The first kappa shape index (κ1) is 19.9. The van der Waals surface area contributed by atoms with Gasteiger partial charge < -0.3 is 9.47 Å². The summed E-state index contributed by atoms with van der Waals surface area (Å²) in [4.78, 5) is 28.6. The first-order valence-electron chi connectivity index (χ1n) is 8.30. The molecule has 0 N–H and O–H groups in total. The minimum atomic E-state index is -1.04. The third kappa shape index (κ3) is 5.29. The van der Waals surface area contributed by atoms with Crippen LogP contribution in [-0.2, 0) is 14.3 Å². The number of halogens is 1. The number of benzene rings is 1. The molecule has 140 valence electrons. The van der Waals surface area contributed by atoms with Gasteiger partial charge in [0.2, 0.25) is 5.78 Å². The summed E-state index contributed by atoms with van der Waals surface area (Å²) < 4.78 is 12.4. The van der Waals surface area contributed by atoms with Crippen molar-refractivity contribution in [3.05, 3.63) is 41.9 Å². The van der Waals surface area contributed by atoms with Gasteiger partial charge in [-0.1, -0.05) is 18.5 Å². The van der Waals surface area contributed by atoms with E-state index in [1.807, 2.05) is 6.92 Å². The van der Waals surface area contributed by atoms with E-state index in [2.05, 4.69) is 10.1 Å². The third-order valence-corrected chi connectivity index (χ3v) is 3.93. The molecule has 0 aliphatic carbocycles. The molecule has 1 aromatic carbocycles. The summed E-state index contributed by atoms with van der Waals surface area (Å²) in [6.45, 7) is 5.24. The van der Waals surface area contributed by atoms with Crippen LogP contribution in [0.1, 0.15) is 39.8 Å². The van der Waals surface area contributed by atoms with Gasteiger partial charge in [-0.3, -0.25) is 9.59 Å². The molecule has 0 aliphatic heterocycles. The summed E-state index contributed by atoms with van der Waals surface area (Å²) in [5.74, 6) is -0.159. The van der Waals surface area contributed by atoms with Crippen molar-refractivity contribution in [1.82, 2.24) is 14.8 Å². The van der Waals surface area contributed by atoms with E-state index >= 15 is 0 Å². The lowest BCUT2D eigenvalue weighted by molar-refractivity contribution is -0.152. The fraction of sp³-hybridized carbons (Fsp3) is 0.444. The van der Waals surface area contributed by atoms with Gasteiger partial charge in [-0.2, -0.15) is 5.10 Å². The van der Waals surface area contributed by atoms with E-state index in [0.29, 0.717) is 23.6 Å². The van der Waals surface area contributed by atoms with Gasteiger partial charge in [0, 0.05) is 11.4 Å². The van der Waals surface area contributed by atoms with E-state index in [0.717, 1.165) is 0 Å². The van der Waals surface area contributed by atoms with Gasteiger partial charge in [0.1, 0.15) is 25.0 Å². The second-order valence-electron chi connectivity index (χ2n) is 6.46. The van der Waals surface area contributed by atoms with Crippen molar-refractivity contribution < 1.29 is 19.1 Å². The van der Waals surface area contributed by atoms with Gasteiger partial charge in [0.15, 0.2) is 0 Å². The first-order valence-corrected chi connectivity index (χ1v) is 8.67. The van der Waals surface area contributed by atoms with Crippen LogP contribution in [0.3, 0.4) is 0 Å². The maximum atomic E-state index is 13.1. The molecule has 0 saturated carbocycles. The number of Topliss-reactive ketones (excluding diaryl/α,β-unsaturated/α-hetero) is 1. The van der Waals surface area contributed by atoms with Crippen molar-refractivity contribution >= 4 is 23.4 Å². The lowest BCUT2D eigenvalue weighted by atomic mass is 9.88. The van der Waals surface area contributed by atoms with E-state index in [9.17, 15) is 9.59 Å². The molecule has 0 amide bonds. The van der Waals surface area contributed by atoms with Crippen LogP contribution >= 0.6 is 11.6 Å². The SMILES string of the molecule is CCCC(=O)OCC(C)(C)C(=O)C(Oc1ccc(Cl)cc1)n1cncn1. The Morgan fingerprint density at radius 2 is 1.96 bits per heavy atom. The zero-order valence-electron chi connectivity index (χ0n) is 15.0.